The van der Waals surface area contributed by atoms with Crippen LogP contribution < -0.4 is 11.1 Å². The maximum Gasteiger partial charge on any atom is 0.220 e. The predicted octanol–water partition coefficient (Wildman–Crippen LogP) is 3.51. The van der Waals surface area contributed by atoms with Gasteiger partial charge in [0.05, 0.1) is 6.04 Å². The van der Waals surface area contributed by atoms with E-state index in [1.54, 1.807) is 0 Å². The number of nitrogens with one attached hydrogen (secondary N) is 1. The SMILES string of the molecule is CC(C)C[C@H](CN)CC(=O)NC(c1ccccc1)C(C)C. The van der Waals surface area contributed by atoms with E-state index in [-0.39, 0.29) is 17.9 Å². The van der Waals surface area contributed by atoms with E-state index < -0.39 is 0 Å². The molecule has 1 unspecified atom stereocenters. The molecule has 1 rings (SSSR count). The monoisotopic (exact) mass is 290 g/mol. The maximum absolute atomic E-state index is 12.3. The second-order valence-corrected chi connectivity index (χ2v) is 6.64. The van der Waals surface area contributed by atoms with Gasteiger partial charge in [0.25, 0.3) is 0 Å². The second-order valence-electron chi connectivity index (χ2n) is 6.64. The summed E-state index contributed by atoms with van der Waals surface area (Å²) in [6, 6.07) is 10.2. The van der Waals surface area contributed by atoms with Gasteiger partial charge in [-0.15, -0.1) is 0 Å². The van der Waals surface area contributed by atoms with Crippen LogP contribution in [0.25, 0.3) is 0 Å². The standard InChI is InChI=1S/C18H30N2O/c1-13(2)10-15(12-19)11-17(21)20-18(14(3)4)16-8-6-5-7-9-16/h5-9,13-15,18H,10-12,19H2,1-4H3,(H,20,21)/t15-,18?/m0/s1. The molecule has 21 heavy (non-hydrogen) atoms. The molecule has 0 aromatic heterocycles. The Balaban J connectivity index is 2.65. The summed E-state index contributed by atoms with van der Waals surface area (Å²) in [6.07, 6.45) is 1.52. The molecule has 0 spiro atoms. The summed E-state index contributed by atoms with van der Waals surface area (Å²) < 4.78 is 0. The zero-order chi connectivity index (χ0) is 15.8. The molecular formula is C18H30N2O. The molecular weight excluding hydrogens is 260 g/mol. The van der Waals surface area contributed by atoms with Crippen molar-refractivity contribution in [2.45, 2.75) is 46.6 Å². The third-order valence-electron chi connectivity index (χ3n) is 3.75. The van der Waals surface area contributed by atoms with Gasteiger partial charge in [0.15, 0.2) is 0 Å². The molecule has 0 bridgehead atoms. The fraction of sp³-hybridized carbons (Fsp3) is 0.611. The molecule has 3 heteroatoms. The molecule has 0 saturated carbocycles. The number of hydrogen-bond donors (Lipinski definition) is 2. The fourth-order valence-electron chi connectivity index (χ4n) is 2.72. The van der Waals surface area contributed by atoms with Crippen LogP contribution in [0.15, 0.2) is 30.3 Å². The molecule has 0 aliphatic heterocycles. The highest BCUT2D eigenvalue weighted by molar-refractivity contribution is 5.76. The first-order chi connectivity index (χ1) is 9.93. The van der Waals surface area contributed by atoms with Gasteiger partial charge in [-0.3, -0.25) is 4.79 Å². The van der Waals surface area contributed by atoms with Crippen molar-refractivity contribution in [3.8, 4) is 0 Å². The van der Waals surface area contributed by atoms with E-state index in [9.17, 15) is 4.79 Å². The van der Waals surface area contributed by atoms with Gasteiger partial charge in [-0.1, -0.05) is 58.0 Å². The van der Waals surface area contributed by atoms with E-state index in [2.05, 4.69) is 45.1 Å². The average molecular weight is 290 g/mol. The van der Waals surface area contributed by atoms with Gasteiger partial charge in [0.2, 0.25) is 5.91 Å². The van der Waals surface area contributed by atoms with Crippen molar-refractivity contribution < 1.29 is 4.79 Å². The Morgan fingerprint density at radius 3 is 2.24 bits per heavy atom. The Kier molecular flexibility index (Phi) is 7.44. The van der Waals surface area contributed by atoms with Gasteiger partial charge in [0, 0.05) is 6.42 Å². The molecule has 0 fully saturated rings. The summed E-state index contributed by atoms with van der Waals surface area (Å²) >= 11 is 0. The van der Waals surface area contributed by atoms with E-state index in [4.69, 9.17) is 5.73 Å². The lowest BCUT2D eigenvalue weighted by molar-refractivity contribution is -0.123. The topological polar surface area (TPSA) is 55.1 Å². The van der Waals surface area contributed by atoms with Crippen molar-refractivity contribution in [3.05, 3.63) is 35.9 Å². The zero-order valence-corrected chi connectivity index (χ0v) is 13.8. The molecule has 0 radical (unpaired) electrons. The second kappa shape index (κ2) is 8.83. The Morgan fingerprint density at radius 2 is 1.76 bits per heavy atom. The quantitative estimate of drug-likeness (QED) is 0.769. The predicted molar refractivity (Wildman–Crippen MR) is 88.8 cm³/mol. The summed E-state index contributed by atoms with van der Waals surface area (Å²) in [4.78, 5) is 12.3. The van der Waals surface area contributed by atoms with Crippen molar-refractivity contribution in [1.82, 2.24) is 5.32 Å². The largest absolute Gasteiger partial charge is 0.349 e. The Hall–Kier alpha value is -1.35. The molecule has 1 amide bonds. The van der Waals surface area contributed by atoms with Gasteiger partial charge in [-0.2, -0.15) is 0 Å². The van der Waals surface area contributed by atoms with Gasteiger partial charge < -0.3 is 11.1 Å². The van der Waals surface area contributed by atoms with Crippen LogP contribution in [0.4, 0.5) is 0 Å². The first-order valence-electron chi connectivity index (χ1n) is 7.98. The van der Waals surface area contributed by atoms with Crippen LogP contribution in [0, 0.1) is 17.8 Å². The van der Waals surface area contributed by atoms with Crippen LogP contribution in [0.5, 0.6) is 0 Å². The normalized spacial score (nSPS) is 14.2. The number of carbonyl (C=O) groups excluding carboxylic acids is 1. The van der Waals surface area contributed by atoms with Crippen molar-refractivity contribution >= 4 is 5.91 Å². The van der Waals surface area contributed by atoms with Crippen LogP contribution in [0.3, 0.4) is 0 Å². The van der Waals surface area contributed by atoms with E-state index in [0.29, 0.717) is 24.8 Å². The Morgan fingerprint density at radius 1 is 1.14 bits per heavy atom. The van der Waals surface area contributed by atoms with Crippen LogP contribution in [0.2, 0.25) is 0 Å². The molecule has 0 aliphatic rings. The van der Waals surface area contributed by atoms with Gasteiger partial charge in [-0.05, 0) is 36.3 Å². The summed E-state index contributed by atoms with van der Waals surface area (Å²) in [6.45, 7) is 9.17. The number of nitrogens with two attached hydrogens (primary N) is 1. The van der Waals surface area contributed by atoms with E-state index in [1.807, 2.05) is 18.2 Å². The minimum absolute atomic E-state index is 0.0659. The number of carbonyl (C=O) groups is 1. The molecule has 2 atom stereocenters. The van der Waals surface area contributed by atoms with Crippen LogP contribution in [-0.4, -0.2) is 12.5 Å². The van der Waals surface area contributed by atoms with E-state index >= 15 is 0 Å². The average Bonchev–Trinajstić information content (AvgIpc) is 2.44. The van der Waals surface area contributed by atoms with Gasteiger partial charge in [0.1, 0.15) is 0 Å². The highest BCUT2D eigenvalue weighted by atomic mass is 16.1. The molecule has 3 N–H and O–H groups in total. The van der Waals surface area contributed by atoms with Gasteiger partial charge in [-0.25, -0.2) is 0 Å². The van der Waals surface area contributed by atoms with Crippen LogP contribution in [0.1, 0.15) is 52.1 Å². The van der Waals surface area contributed by atoms with Crippen LogP contribution in [-0.2, 0) is 4.79 Å². The third-order valence-corrected chi connectivity index (χ3v) is 3.75. The molecule has 1 aromatic rings. The number of benzene rings is 1. The summed E-state index contributed by atoms with van der Waals surface area (Å²) in [5.74, 6) is 1.31. The van der Waals surface area contributed by atoms with Crippen LogP contribution >= 0.6 is 0 Å². The van der Waals surface area contributed by atoms with Crippen molar-refractivity contribution in [2.75, 3.05) is 6.54 Å². The summed E-state index contributed by atoms with van der Waals surface area (Å²) in [5.41, 5.74) is 6.95. The fourth-order valence-corrected chi connectivity index (χ4v) is 2.72. The smallest absolute Gasteiger partial charge is 0.220 e. The summed E-state index contributed by atoms with van der Waals surface area (Å²) in [7, 11) is 0. The highest BCUT2D eigenvalue weighted by Gasteiger charge is 2.20. The molecule has 118 valence electrons. The van der Waals surface area contributed by atoms with Crippen molar-refractivity contribution in [2.24, 2.45) is 23.5 Å². The Labute approximate surface area is 129 Å². The van der Waals surface area contributed by atoms with Gasteiger partial charge >= 0.3 is 0 Å². The van der Waals surface area contributed by atoms with E-state index in [1.165, 1.54) is 0 Å². The molecule has 0 saturated heterocycles. The van der Waals surface area contributed by atoms with E-state index in [0.717, 1.165) is 12.0 Å². The number of hydrogen-bond acceptors (Lipinski definition) is 2. The Bertz CT molecular complexity index is 414. The highest BCUT2D eigenvalue weighted by Crippen LogP contribution is 2.22. The number of rotatable bonds is 8. The third kappa shape index (κ3) is 6.30. The molecule has 0 heterocycles. The number of amides is 1. The van der Waals surface area contributed by atoms with Crippen molar-refractivity contribution in [1.29, 1.82) is 0 Å². The molecule has 1 aromatic carbocycles. The van der Waals surface area contributed by atoms with Crippen molar-refractivity contribution in [3.63, 3.8) is 0 Å². The molecule has 0 aliphatic carbocycles. The molecule has 3 nitrogen and oxygen atoms in total. The lowest BCUT2D eigenvalue weighted by atomic mass is 9.92. The minimum Gasteiger partial charge on any atom is -0.349 e. The summed E-state index contributed by atoms with van der Waals surface area (Å²) in [5, 5.41) is 3.18. The zero-order valence-electron chi connectivity index (χ0n) is 13.8. The lowest BCUT2D eigenvalue weighted by Crippen LogP contribution is -2.34. The minimum atomic E-state index is 0.0659. The lowest BCUT2D eigenvalue weighted by Gasteiger charge is -2.24. The first kappa shape index (κ1) is 17.7. The maximum atomic E-state index is 12.3. The first-order valence-corrected chi connectivity index (χ1v) is 7.98.